The molecule has 0 N–H and O–H groups in total. The third-order valence-corrected chi connectivity index (χ3v) is 5.76. The Morgan fingerprint density at radius 2 is 1.37 bits per heavy atom. The number of carbonyl (C=O) groups is 1. The van der Waals surface area contributed by atoms with Crippen LogP contribution in [0.4, 0.5) is 5.69 Å². The standard InChI is InChI=1S/C29H29NO8/c1-34-25-17-21(7-6-8-24(31)20-11-13-23(14-12-20)30(32)33)22(18-26(25)35-2)10-9-19-15-27(36-3)29(38-5)28(16-19)37-4/h6,8-18H,7H2,1-5H3/b8-6-,10-9-. The molecule has 3 aromatic carbocycles. The highest BCUT2D eigenvalue weighted by atomic mass is 16.6. The normalized spacial score (nSPS) is 11.0. The van der Waals surface area contributed by atoms with Gasteiger partial charge in [-0.1, -0.05) is 18.2 Å². The summed E-state index contributed by atoms with van der Waals surface area (Å²) in [7, 11) is 7.78. The molecule has 9 nitrogen and oxygen atoms in total. The second-order valence-corrected chi connectivity index (χ2v) is 7.97. The van der Waals surface area contributed by atoms with Crippen molar-refractivity contribution in [3.05, 3.63) is 93.1 Å². The highest BCUT2D eigenvalue weighted by Crippen LogP contribution is 2.39. The van der Waals surface area contributed by atoms with E-state index < -0.39 is 4.92 Å². The minimum Gasteiger partial charge on any atom is -0.493 e. The lowest BCUT2D eigenvalue weighted by Crippen LogP contribution is -1.97. The molecule has 9 heteroatoms. The summed E-state index contributed by atoms with van der Waals surface area (Å²) in [5, 5.41) is 10.8. The Morgan fingerprint density at radius 3 is 1.89 bits per heavy atom. The molecule has 0 aromatic heterocycles. The highest BCUT2D eigenvalue weighted by molar-refractivity contribution is 6.04. The van der Waals surface area contributed by atoms with Crippen molar-refractivity contribution >= 4 is 23.6 Å². The Hall–Kier alpha value is -4.79. The minimum atomic E-state index is -0.506. The molecule has 0 fully saturated rings. The van der Waals surface area contributed by atoms with Crippen molar-refractivity contribution in [2.24, 2.45) is 0 Å². The van der Waals surface area contributed by atoms with Crippen molar-refractivity contribution in [1.82, 2.24) is 0 Å². The van der Waals surface area contributed by atoms with Crippen LogP contribution in [0.1, 0.15) is 27.0 Å². The molecule has 198 valence electrons. The van der Waals surface area contributed by atoms with E-state index in [1.165, 1.54) is 30.3 Å². The summed E-state index contributed by atoms with van der Waals surface area (Å²) < 4.78 is 27.2. The fraction of sp³-hybridized carbons (Fsp3) is 0.207. The summed E-state index contributed by atoms with van der Waals surface area (Å²) in [6.07, 6.45) is 7.44. The third kappa shape index (κ3) is 6.50. The van der Waals surface area contributed by atoms with Crippen LogP contribution in [-0.4, -0.2) is 46.3 Å². The van der Waals surface area contributed by atoms with Gasteiger partial charge in [0.1, 0.15) is 0 Å². The van der Waals surface area contributed by atoms with Crippen molar-refractivity contribution in [2.45, 2.75) is 6.42 Å². The monoisotopic (exact) mass is 519 g/mol. The quantitative estimate of drug-likeness (QED) is 0.0973. The van der Waals surface area contributed by atoms with Crippen LogP contribution in [0.3, 0.4) is 0 Å². The average molecular weight is 520 g/mol. The number of non-ortho nitro benzene ring substituents is 1. The number of nitrogens with zero attached hydrogens (tertiary/aromatic N) is 1. The van der Waals surface area contributed by atoms with Crippen LogP contribution < -0.4 is 23.7 Å². The molecule has 0 saturated heterocycles. The number of carbonyl (C=O) groups excluding carboxylic acids is 1. The van der Waals surface area contributed by atoms with Gasteiger partial charge in [-0.05, 0) is 65.6 Å². The molecule has 0 aliphatic rings. The van der Waals surface area contributed by atoms with E-state index in [-0.39, 0.29) is 11.5 Å². The molecule has 38 heavy (non-hydrogen) atoms. The van der Waals surface area contributed by atoms with Crippen LogP contribution in [0, 0.1) is 10.1 Å². The molecular weight excluding hydrogens is 490 g/mol. The largest absolute Gasteiger partial charge is 0.493 e. The fourth-order valence-corrected chi connectivity index (χ4v) is 3.79. The lowest BCUT2D eigenvalue weighted by atomic mass is 10.0. The summed E-state index contributed by atoms with van der Waals surface area (Å²) in [5.74, 6) is 2.43. The molecule has 0 radical (unpaired) electrons. The van der Waals surface area contributed by atoms with E-state index >= 15 is 0 Å². The summed E-state index contributed by atoms with van der Waals surface area (Å²) in [6.45, 7) is 0. The zero-order chi connectivity index (χ0) is 27.7. The Morgan fingerprint density at radius 1 is 0.789 bits per heavy atom. The fourth-order valence-electron chi connectivity index (χ4n) is 3.79. The molecule has 0 atom stereocenters. The van der Waals surface area contributed by atoms with E-state index in [2.05, 4.69) is 0 Å². The first kappa shape index (κ1) is 27.8. The van der Waals surface area contributed by atoms with E-state index in [1.807, 2.05) is 36.4 Å². The van der Waals surface area contributed by atoms with Gasteiger partial charge in [0.2, 0.25) is 5.75 Å². The number of ether oxygens (including phenoxy) is 5. The smallest absolute Gasteiger partial charge is 0.269 e. The van der Waals surface area contributed by atoms with Crippen LogP contribution in [-0.2, 0) is 6.42 Å². The second kappa shape index (κ2) is 13.0. The van der Waals surface area contributed by atoms with Crippen molar-refractivity contribution in [3.8, 4) is 28.7 Å². The molecular formula is C29H29NO8. The molecule has 3 rings (SSSR count). The molecule has 0 aliphatic heterocycles. The predicted octanol–water partition coefficient (Wildman–Crippen LogP) is 5.79. The number of benzene rings is 3. The van der Waals surface area contributed by atoms with Gasteiger partial charge < -0.3 is 23.7 Å². The summed E-state index contributed by atoms with van der Waals surface area (Å²) in [6, 6.07) is 12.9. The maximum Gasteiger partial charge on any atom is 0.269 e. The van der Waals surface area contributed by atoms with Gasteiger partial charge in [0.05, 0.1) is 40.5 Å². The zero-order valence-electron chi connectivity index (χ0n) is 21.8. The average Bonchev–Trinajstić information content (AvgIpc) is 2.95. The Kier molecular flexibility index (Phi) is 9.48. The molecule has 0 heterocycles. The van der Waals surface area contributed by atoms with Gasteiger partial charge in [0, 0.05) is 17.7 Å². The number of rotatable bonds is 12. The number of hydrogen-bond donors (Lipinski definition) is 0. The van der Waals surface area contributed by atoms with Crippen molar-refractivity contribution in [3.63, 3.8) is 0 Å². The van der Waals surface area contributed by atoms with Gasteiger partial charge >= 0.3 is 0 Å². The number of ketones is 1. The van der Waals surface area contributed by atoms with Gasteiger partial charge in [0.25, 0.3) is 5.69 Å². The van der Waals surface area contributed by atoms with Gasteiger partial charge in [-0.15, -0.1) is 0 Å². The van der Waals surface area contributed by atoms with E-state index in [1.54, 1.807) is 41.6 Å². The van der Waals surface area contributed by atoms with E-state index in [0.717, 1.165) is 16.7 Å². The maximum absolute atomic E-state index is 12.6. The van der Waals surface area contributed by atoms with Crippen LogP contribution in [0.2, 0.25) is 0 Å². The first-order valence-electron chi connectivity index (χ1n) is 11.5. The van der Waals surface area contributed by atoms with Crippen LogP contribution >= 0.6 is 0 Å². The lowest BCUT2D eigenvalue weighted by molar-refractivity contribution is -0.384. The second-order valence-electron chi connectivity index (χ2n) is 7.97. The van der Waals surface area contributed by atoms with Gasteiger partial charge in [-0.2, -0.15) is 0 Å². The van der Waals surface area contributed by atoms with E-state index in [4.69, 9.17) is 23.7 Å². The number of hydrogen-bond acceptors (Lipinski definition) is 8. The molecule has 3 aromatic rings. The lowest BCUT2D eigenvalue weighted by Gasteiger charge is -2.14. The number of nitro benzene ring substituents is 1. The Bertz CT molecular complexity index is 1330. The highest BCUT2D eigenvalue weighted by Gasteiger charge is 2.13. The summed E-state index contributed by atoms with van der Waals surface area (Å²) in [4.78, 5) is 22.9. The van der Waals surface area contributed by atoms with Crippen molar-refractivity contribution < 1.29 is 33.4 Å². The number of nitro groups is 1. The Balaban J connectivity index is 1.91. The van der Waals surface area contributed by atoms with Crippen LogP contribution in [0.25, 0.3) is 12.2 Å². The molecule has 0 spiro atoms. The van der Waals surface area contributed by atoms with Gasteiger partial charge in [0.15, 0.2) is 28.8 Å². The summed E-state index contributed by atoms with van der Waals surface area (Å²) >= 11 is 0. The first-order valence-corrected chi connectivity index (χ1v) is 11.5. The topological polar surface area (TPSA) is 106 Å². The van der Waals surface area contributed by atoms with Gasteiger partial charge in [-0.25, -0.2) is 0 Å². The molecule has 0 bridgehead atoms. The van der Waals surface area contributed by atoms with Crippen molar-refractivity contribution in [1.29, 1.82) is 0 Å². The van der Waals surface area contributed by atoms with Crippen LogP contribution in [0.15, 0.2) is 60.7 Å². The first-order chi connectivity index (χ1) is 18.3. The molecule has 0 aliphatic carbocycles. The predicted molar refractivity (Wildman–Crippen MR) is 145 cm³/mol. The Labute approximate surface area is 221 Å². The minimum absolute atomic E-state index is 0.0700. The SMILES string of the molecule is COc1cc(/C=C\c2cc(OC)c(OC)c(OC)c2)c(C/C=C\C(=O)c2ccc([N+](=O)[O-])cc2)cc1OC. The zero-order valence-corrected chi connectivity index (χ0v) is 21.8. The van der Waals surface area contributed by atoms with Crippen molar-refractivity contribution in [2.75, 3.05) is 35.5 Å². The van der Waals surface area contributed by atoms with E-state index in [9.17, 15) is 14.9 Å². The van der Waals surface area contributed by atoms with Crippen LogP contribution in [0.5, 0.6) is 28.7 Å². The molecule has 0 amide bonds. The number of allylic oxidation sites excluding steroid dienone is 2. The molecule has 0 unspecified atom stereocenters. The number of methoxy groups -OCH3 is 5. The maximum atomic E-state index is 12.6. The van der Waals surface area contributed by atoms with Gasteiger partial charge in [-0.3, -0.25) is 14.9 Å². The summed E-state index contributed by atoms with van der Waals surface area (Å²) in [5.41, 5.74) is 2.85. The third-order valence-electron chi connectivity index (χ3n) is 5.76. The molecule has 0 saturated carbocycles. The van der Waals surface area contributed by atoms with E-state index in [0.29, 0.717) is 40.7 Å².